The number of esters is 1. The lowest BCUT2D eigenvalue weighted by atomic mass is 9.96. The Bertz CT molecular complexity index is 1340. The highest BCUT2D eigenvalue weighted by Crippen LogP contribution is 2.30. The van der Waals surface area contributed by atoms with Gasteiger partial charge in [0.15, 0.2) is 5.84 Å². The van der Waals surface area contributed by atoms with Crippen molar-refractivity contribution in [3.63, 3.8) is 0 Å². The van der Waals surface area contributed by atoms with E-state index in [4.69, 9.17) is 4.74 Å². The second kappa shape index (κ2) is 8.62. The van der Waals surface area contributed by atoms with E-state index in [9.17, 15) is 13.2 Å². The number of aryl methyl sites for hydroxylation is 2. The van der Waals surface area contributed by atoms with Gasteiger partial charge in [-0.05, 0) is 50.5 Å². The van der Waals surface area contributed by atoms with E-state index in [1.165, 1.54) is 0 Å². The molecule has 3 aromatic rings. The zero-order chi connectivity index (χ0) is 23.0. The number of likely N-dealkylation sites (tertiary alicyclic amines) is 1. The number of hydrogen-bond acceptors (Lipinski definition) is 6. The molecule has 2 aromatic carbocycles. The number of fused-ring (bicyclic) bond motifs is 2. The summed E-state index contributed by atoms with van der Waals surface area (Å²) in [5.41, 5.74) is 2.70. The highest BCUT2D eigenvalue weighted by Gasteiger charge is 2.34. The smallest absolute Gasteiger partial charge is 0.309 e. The van der Waals surface area contributed by atoms with E-state index in [-0.39, 0.29) is 16.8 Å². The molecule has 0 N–H and O–H groups in total. The predicted molar refractivity (Wildman–Crippen MR) is 125 cm³/mol. The van der Waals surface area contributed by atoms with Crippen molar-refractivity contribution in [2.45, 2.75) is 37.6 Å². The van der Waals surface area contributed by atoms with Gasteiger partial charge in [-0.15, -0.1) is 4.40 Å². The van der Waals surface area contributed by atoms with Crippen molar-refractivity contribution in [2.24, 2.45) is 10.3 Å². The Balaban J connectivity index is 1.12. The molecule has 1 fully saturated rings. The van der Waals surface area contributed by atoms with Crippen LogP contribution in [0, 0.1) is 12.8 Å². The lowest BCUT2D eigenvalue weighted by molar-refractivity contribution is -0.150. The number of para-hydroxylation sites is 2. The Morgan fingerprint density at radius 3 is 2.64 bits per heavy atom. The van der Waals surface area contributed by atoms with Crippen LogP contribution >= 0.6 is 0 Å². The first-order chi connectivity index (χ1) is 15.9. The molecule has 5 rings (SSSR count). The van der Waals surface area contributed by atoms with E-state index in [0.29, 0.717) is 43.9 Å². The zero-order valence-electron chi connectivity index (χ0n) is 18.5. The second-order valence-corrected chi connectivity index (χ2v) is 10.0. The van der Waals surface area contributed by atoms with Gasteiger partial charge in [0.2, 0.25) is 0 Å². The molecule has 0 radical (unpaired) electrons. The molecule has 0 bridgehead atoms. The minimum absolute atomic E-state index is 0.175. The molecule has 0 saturated carbocycles. The maximum atomic E-state index is 12.6. The van der Waals surface area contributed by atoms with Gasteiger partial charge >= 0.3 is 5.97 Å². The van der Waals surface area contributed by atoms with Crippen molar-refractivity contribution < 1.29 is 17.9 Å². The van der Waals surface area contributed by atoms with Crippen LogP contribution in [0.15, 0.2) is 57.8 Å². The molecule has 0 aliphatic carbocycles. The van der Waals surface area contributed by atoms with E-state index in [1.54, 1.807) is 18.2 Å². The maximum Gasteiger partial charge on any atom is 0.309 e. The van der Waals surface area contributed by atoms with Gasteiger partial charge in [-0.3, -0.25) is 4.79 Å². The maximum absolute atomic E-state index is 12.6. The lowest BCUT2D eigenvalue weighted by Gasteiger charge is -2.32. The molecule has 0 amide bonds. The molecule has 33 heavy (non-hydrogen) atoms. The number of carbonyl (C=O) groups is 1. The van der Waals surface area contributed by atoms with Gasteiger partial charge in [-0.1, -0.05) is 24.3 Å². The Morgan fingerprint density at radius 1 is 1.09 bits per heavy atom. The lowest BCUT2D eigenvalue weighted by Crippen LogP contribution is -2.40. The summed E-state index contributed by atoms with van der Waals surface area (Å²) in [5, 5.41) is 0. The van der Waals surface area contributed by atoms with E-state index < -0.39 is 10.0 Å². The number of ether oxygens (including phenoxy) is 1. The van der Waals surface area contributed by atoms with Crippen LogP contribution in [-0.2, 0) is 26.1 Å². The standard InChI is InChI=1S/C24H26N4O4S/c1-17-25-20-8-3-4-9-21(20)28(17)13-6-16-32-24(29)18-11-14-27(15-12-18)23-19-7-2-5-10-22(19)33(30,31)26-23/h2-5,7-10,18H,6,11-16H2,1H3. The average Bonchev–Trinajstić information content (AvgIpc) is 3.29. The topological polar surface area (TPSA) is 93.9 Å². The van der Waals surface area contributed by atoms with Crippen LogP contribution in [0.1, 0.15) is 30.7 Å². The second-order valence-electron chi connectivity index (χ2n) is 8.47. The number of benzene rings is 2. The van der Waals surface area contributed by atoms with Gasteiger partial charge < -0.3 is 14.2 Å². The Labute approximate surface area is 193 Å². The van der Waals surface area contributed by atoms with Crippen LogP contribution in [0.4, 0.5) is 0 Å². The quantitative estimate of drug-likeness (QED) is 0.424. The summed E-state index contributed by atoms with van der Waals surface area (Å²) in [6.45, 7) is 4.23. The van der Waals surface area contributed by atoms with Crippen molar-refractivity contribution in [3.05, 3.63) is 59.9 Å². The number of nitrogens with zero attached hydrogens (tertiary/aromatic N) is 4. The molecule has 9 heteroatoms. The summed E-state index contributed by atoms with van der Waals surface area (Å²) in [5.74, 6) is 1.09. The molecule has 2 aliphatic rings. The fourth-order valence-electron chi connectivity index (χ4n) is 4.64. The van der Waals surface area contributed by atoms with Crippen LogP contribution in [-0.4, -0.2) is 54.4 Å². The Morgan fingerprint density at radius 2 is 1.82 bits per heavy atom. The van der Waals surface area contributed by atoms with E-state index in [0.717, 1.165) is 29.8 Å². The summed E-state index contributed by atoms with van der Waals surface area (Å²) in [6.07, 6.45) is 1.95. The molecule has 1 saturated heterocycles. The van der Waals surface area contributed by atoms with Crippen molar-refractivity contribution in [3.8, 4) is 0 Å². The normalized spacial score (nSPS) is 17.7. The Kier molecular flexibility index (Phi) is 5.65. The number of carbonyl (C=O) groups excluding carboxylic acids is 1. The molecule has 8 nitrogen and oxygen atoms in total. The highest BCUT2D eigenvalue weighted by atomic mass is 32.2. The fourth-order valence-corrected chi connectivity index (χ4v) is 5.86. The number of piperidine rings is 1. The molecule has 172 valence electrons. The van der Waals surface area contributed by atoms with Crippen LogP contribution in [0.25, 0.3) is 11.0 Å². The molecule has 0 spiro atoms. The molecular weight excluding hydrogens is 440 g/mol. The summed E-state index contributed by atoms with van der Waals surface area (Å²) in [7, 11) is -3.64. The minimum atomic E-state index is -3.64. The third-order valence-electron chi connectivity index (χ3n) is 6.36. The number of rotatable bonds is 5. The van der Waals surface area contributed by atoms with Crippen LogP contribution in [0.5, 0.6) is 0 Å². The summed E-state index contributed by atoms with van der Waals surface area (Å²) in [6, 6.07) is 14.9. The van der Waals surface area contributed by atoms with E-state index >= 15 is 0 Å². The van der Waals surface area contributed by atoms with Gasteiger partial charge in [0.1, 0.15) is 10.7 Å². The monoisotopic (exact) mass is 466 g/mol. The number of imidazole rings is 1. The molecular formula is C24H26N4O4S. The van der Waals surface area contributed by atoms with Gasteiger partial charge in [-0.25, -0.2) is 4.98 Å². The Hall–Kier alpha value is -3.20. The fraction of sp³-hybridized carbons (Fsp3) is 0.375. The van der Waals surface area contributed by atoms with Gasteiger partial charge in [-0.2, -0.15) is 8.42 Å². The van der Waals surface area contributed by atoms with Crippen molar-refractivity contribution in [2.75, 3.05) is 19.7 Å². The van der Waals surface area contributed by atoms with E-state index in [1.807, 2.05) is 42.2 Å². The third kappa shape index (κ3) is 4.13. The zero-order valence-corrected chi connectivity index (χ0v) is 19.3. The summed E-state index contributed by atoms with van der Waals surface area (Å²) in [4.78, 5) is 19.4. The van der Waals surface area contributed by atoms with Gasteiger partial charge in [0.05, 0.1) is 23.6 Å². The van der Waals surface area contributed by atoms with Crippen molar-refractivity contribution in [1.29, 1.82) is 0 Å². The first-order valence-corrected chi connectivity index (χ1v) is 12.7. The number of sulfonamides is 1. The largest absolute Gasteiger partial charge is 0.465 e. The number of amidine groups is 1. The molecule has 1 aromatic heterocycles. The van der Waals surface area contributed by atoms with E-state index in [2.05, 4.69) is 13.9 Å². The first-order valence-electron chi connectivity index (χ1n) is 11.2. The average molecular weight is 467 g/mol. The predicted octanol–water partition coefficient (Wildman–Crippen LogP) is 3.14. The van der Waals surface area contributed by atoms with Crippen molar-refractivity contribution >= 4 is 32.9 Å². The molecule has 3 heterocycles. The third-order valence-corrected chi connectivity index (χ3v) is 7.68. The summed E-state index contributed by atoms with van der Waals surface area (Å²) < 4.78 is 36.3. The number of aromatic nitrogens is 2. The summed E-state index contributed by atoms with van der Waals surface area (Å²) >= 11 is 0. The highest BCUT2D eigenvalue weighted by molar-refractivity contribution is 7.90. The van der Waals surface area contributed by atoms with Crippen molar-refractivity contribution in [1.82, 2.24) is 14.5 Å². The molecule has 0 unspecified atom stereocenters. The van der Waals surface area contributed by atoms with Crippen LogP contribution in [0.2, 0.25) is 0 Å². The molecule has 0 atom stereocenters. The van der Waals surface area contributed by atoms with Crippen LogP contribution in [0.3, 0.4) is 0 Å². The van der Waals surface area contributed by atoms with Gasteiger partial charge in [0.25, 0.3) is 10.0 Å². The van der Waals surface area contributed by atoms with Crippen LogP contribution < -0.4 is 0 Å². The molecule has 2 aliphatic heterocycles. The van der Waals surface area contributed by atoms with Gasteiger partial charge in [0, 0.05) is 25.2 Å². The minimum Gasteiger partial charge on any atom is -0.465 e. The first kappa shape index (κ1) is 21.6. The number of hydrogen-bond donors (Lipinski definition) is 0. The SMILES string of the molecule is Cc1nc2ccccc2n1CCCOC(=O)C1CCN(C2=NS(=O)(=O)c3ccccc32)CC1.